The number of ketones is 1. The Morgan fingerprint density at radius 3 is 2.53 bits per heavy atom. The van der Waals surface area contributed by atoms with Crippen LogP contribution in [0.1, 0.15) is 25.3 Å². The van der Waals surface area contributed by atoms with Gasteiger partial charge in [0, 0.05) is 6.42 Å². The van der Waals surface area contributed by atoms with Crippen molar-refractivity contribution in [2.75, 3.05) is 0 Å². The lowest BCUT2D eigenvalue weighted by Gasteiger charge is -2.12. The summed E-state index contributed by atoms with van der Waals surface area (Å²) in [5.74, 6) is 0.248. The quantitative estimate of drug-likeness (QED) is 0.676. The van der Waals surface area contributed by atoms with Crippen molar-refractivity contribution in [1.29, 1.82) is 0 Å². The molecule has 0 atom stereocenters. The van der Waals surface area contributed by atoms with Crippen LogP contribution >= 0.6 is 0 Å². The van der Waals surface area contributed by atoms with E-state index < -0.39 is 0 Å². The lowest BCUT2D eigenvalue weighted by Crippen LogP contribution is -2.03. The zero-order valence-corrected chi connectivity index (χ0v) is 8.86. The molecule has 0 spiro atoms. The first-order valence-electron chi connectivity index (χ1n) is 5.23. The molecule has 0 unspecified atom stereocenters. The molecule has 15 heavy (non-hydrogen) atoms. The minimum absolute atomic E-state index is 0.248. The molecule has 1 nitrogen and oxygen atoms in total. The molecule has 0 amide bonds. The Morgan fingerprint density at radius 1 is 1.13 bits per heavy atom. The first kappa shape index (κ1) is 9.91. The van der Waals surface area contributed by atoms with Crippen molar-refractivity contribution < 1.29 is 4.79 Å². The Hall–Kier alpha value is -1.63. The molecule has 0 saturated carbocycles. The Balaban J connectivity index is 2.29. The normalized spacial score (nSPS) is 19.1. The highest BCUT2D eigenvalue weighted by Crippen LogP contribution is 2.23. The second-order valence-corrected chi connectivity index (χ2v) is 3.87. The summed E-state index contributed by atoms with van der Waals surface area (Å²) >= 11 is 0. The van der Waals surface area contributed by atoms with Crippen LogP contribution in [-0.2, 0) is 4.79 Å². The molecule has 0 aliphatic heterocycles. The van der Waals surface area contributed by atoms with Gasteiger partial charge in [0.1, 0.15) is 0 Å². The second kappa shape index (κ2) is 4.26. The van der Waals surface area contributed by atoms with Gasteiger partial charge in [-0.3, -0.25) is 4.79 Å². The van der Waals surface area contributed by atoms with Crippen molar-refractivity contribution in [3.63, 3.8) is 0 Å². The van der Waals surface area contributed by atoms with Crippen LogP contribution in [0.5, 0.6) is 0 Å². The molecule has 0 bridgehead atoms. The highest BCUT2D eigenvalue weighted by Gasteiger charge is 2.11. The van der Waals surface area contributed by atoms with Crippen molar-refractivity contribution in [3.8, 4) is 0 Å². The van der Waals surface area contributed by atoms with Crippen LogP contribution < -0.4 is 0 Å². The number of benzene rings is 1. The van der Waals surface area contributed by atoms with Crippen LogP contribution in [0, 0.1) is 0 Å². The molecule has 1 heteroatoms. The average Bonchev–Trinajstić information content (AvgIpc) is 2.24. The fourth-order valence-corrected chi connectivity index (χ4v) is 1.80. The average molecular weight is 198 g/mol. The van der Waals surface area contributed by atoms with Crippen LogP contribution in [0.3, 0.4) is 0 Å². The van der Waals surface area contributed by atoms with E-state index in [2.05, 4.69) is 18.2 Å². The predicted molar refractivity (Wildman–Crippen MR) is 62.4 cm³/mol. The molecule has 1 aromatic rings. The monoisotopic (exact) mass is 198 g/mol. The van der Waals surface area contributed by atoms with Gasteiger partial charge < -0.3 is 0 Å². The van der Waals surface area contributed by atoms with Gasteiger partial charge in [-0.25, -0.2) is 0 Å². The summed E-state index contributed by atoms with van der Waals surface area (Å²) in [6.45, 7) is 2.01. The summed E-state index contributed by atoms with van der Waals surface area (Å²) in [5, 5.41) is 0. The molecule has 1 aliphatic rings. The standard InChI is InChI=1S/C14H14O/c1-11-9-14(15)8-7-13(11)10-12-5-3-2-4-6-12/h2-6,9-10H,7-8H2,1H3/b13-10-. The van der Waals surface area contributed by atoms with Gasteiger partial charge >= 0.3 is 0 Å². The largest absolute Gasteiger partial charge is 0.295 e. The molecule has 1 aromatic carbocycles. The third kappa shape index (κ3) is 2.44. The van der Waals surface area contributed by atoms with Crippen molar-refractivity contribution in [1.82, 2.24) is 0 Å². The van der Waals surface area contributed by atoms with Crippen molar-refractivity contribution in [2.45, 2.75) is 19.8 Å². The van der Waals surface area contributed by atoms with E-state index in [4.69, 9.17) is 0 Å². The van der Waals surface area contributed by atoms with Gasteiger partial charge in [0.2, 0.25) is 0 Å². The number of allylic oxidation sites excluding steroid dienone is 3. The minimum atomic E-state index is 0.248. The van der Waals surface area contributed by atoms with Gasteiger partial charge in [-0.1, -0.05) is 36.4 Å². The molecule has 2 rings (SSSR count). The van der Waals surface area contributed by atoms with Gasteiger partial charge in [-0.15, -0.1) is 0 Å². The SMILES string of the molecule is CC1=CC(=O)CC/C1=C/c1ccccc1. The Morgan fingerprint density at radius 2 is 1.87 bits per heavy atom. The van der Waals surface area contributed by atoms with E-state index in [0.29, 0.717) is 6.42 Å². The fourth-order valence-electron chi connectivity index (χ4n) is 1.80. The summed E-state index contributed by atoms with van der Waals surface area (Å²) in [7, 11) is 0. The number of carbonyl (C=O) groups excluding carboxylic acids is 1. The zero-order valence-electron chi connectivity index (χ0n) is 8.86. The summed E-state index contributed by atoms with van der Waals surface area (Å²) in [5.41, 5.74) is 3.59. The first-order chi connectivity index (χ1) is 7.25. The van der Waals surface area contributed by atoms with E-state index in [9.17, 15) is 4.79 Å². The second-order valence-electron chi connectivity index (χ2n) is 3.87. The molecule has 0 fully saturated rings. The van der Waals surface area contributed by atoms with Crippen LogP contribution in [0.15, 0.2) is 47.6 Å². The maximum absolute atomic E-state index is 11.2. The summed E-state index contributed by atoms with van der Waals surface area (Å²) in [6, 6.07) is 10.2. The zero-order chi connectivity index (χ0) is 10.7. The van der Waals surface area contributed by atoms with Gasteiger partial charge in [0.25, 0.3) is 0 Å². The van der Waals surface area contributed by atoms with Crippen LogP contribution in [0.4, 0.5) is 0 Å². The van der Waals surface area contributed by atoms with E-state index >= 15 is 0 Å². The summed E-state index contributed by atoms with van der Waals surface area (Å²) < 4.78 is 0. The predicted octanol–water partition coefficient (Wildman–Crippen LogP) is 3.38. The molecule has 0 saturated heterocycles. The minimum Gasteiger partial charge on any atom is -0.295 e. The van der Waals surface area contributed by atoms with Crippen molar-refractivity contribution in [2.24, 2.45) is 0 Å². The number of rotatable bonds is 1. The van der Waals surface area contributed by atoms with E-state index in [1.54, 1.807) is 6.08 Å². The van der Waals surface area contributed by atoms with E-state index in [1.165, 1.54) is 11.1 Å². The van der Waals surface area contributed by atoms with Crippen molar-refractivity contribution in [3.05, 3.63) is 53.1 Å². The van der Waals surface area contributed by atoms with Gasteiger partial charge in [-0.2, -0.15) is 0 Å². The molecule has 0 aromatic heterocycles. The number of hydrogen-bond donors (Lipinski definition) is 0. The number of hydrogen-bond acceptors (Lipinski definition) is 1. The summed E-state index contributed by atoms with van der Waals surface area (Å²) in [4.78, 5) is 11.2. The van der Waals surface area contributed by atoms with E-state index in [-0.39, 0.29) is 5.78 Å². The molecule has 0 N–H and O–H groups in total. The Kier molecular flexibility index (Phi) is 2.82. The molecule has 1 aliphatic carbocycles. The third-order valence-corrected chi connectivity index (χ3v) is 2.67. The lowest BCUT2D eigenvalue weighted by molar-refractivity contribution is -0.114. The Bertz CT molecular complexity index is 424. The van der Waals surface area contributed by atoms with E-state index in [0.717, 1.165) is 12.0 Å². The van der Waals surface area contributed by atoms with Gasteiger partial charge in [-0.05, 0) is 36.1 Å². The molecular weight excluding hydrogens is 184 g/mol. The Labute approximate surface area is 90.1 Å². The van der Waals surface area contributed by atoms with E-state index in [1.807, 2.05) is 25.1 Å². The maximum atomic E-state index is 11.2. The maximum Gasteiger partial charge on any atom is 0.156 e. The first-order valence-corrected chi connectivity index (χ1v) is 5.23. The summed E-state index contributed by atoms with van der Waals surface area (Å²) in [6.07, 6.45) is 5.43. The smallest absolute Gasteiger partial charge is 0.156 e. The van der Waals surface area contributed by atoms with Crippen LogP contribution in [0.2, 0.25) is 0 Å². The van der Waals surface area contributed by atoms with Gasteiger partial charge in [0.15, 0.2) is 5.78 Å². The van der Waals surface area contributed by atoms with Crippen molar-refractivity contribution >= 4 is 11.9 Å². The van der Waals surface area contributed by atoms with Gasteiger partial charge in [0.05, 0.1) is 0 Å². The third-order valence-electron chi connectivity index (χ3n) is 2.67. The highest BCUT2D eigenvalue weighted by atomic mass is 16.1. The molecule has 0 radical (unpaired) electrons. The van der Waals surface area contributed by atoms with Crippen LogP contribution in [-0.4, -0.2) is 5.78 Å². The molecular formula is C14H14O. The fraction of sp³-hybridized carbons (Fsp3) is 0.214. The lowest BCUT2D eigenvalue weighted by atomic mass is 9.92. The molecule has 0 heterocycles. The van der Waals surface area contributed by atoms with Crippen LogP contribution in [0.25, 0.3) is 6.08 Å². The highest BCUT2D eigenvalue weighted by molar-refractivity contribution is 5.93. The topological polar surface area (TPSA) is 17.1 Å². The number of carbonyl (C=O) groups is 1. The molecule has 76 valence electrons.